The van der Waals surface area contributed by atoms with E-state index in [2.05, 4.69) is 25.8 Å². The average molecular weight is 503 g/mol. The molecule has 0 aromatic carbocycles. The summed E-state index contributed by atoms with van der Waals surface area (Å²) in [6.07, 6.45) is 3.53. The molecule has 1 unspecified atom stereocenters. The number of anilines is 1. The number of thiazole rings is 1. The van der Waals surface area contributed by atoms with Crippen molar-refractivity contribution in [2.24, 2.45) is 5.16 Å². The van der Waals surface area contributed by atoms with E-state index >= 15 is 0 Å². The van der Waals surface area contributed by atoms with Crippen LogP contribution in [0, 0.1) is 0 Å². The number of carbonyl (C=O) groups is 4. The van der Waals surface area contributed by atoms with Gasteiger partial charge in [0.2, 0.25) is 6.41 Å². The Bertz CT molecular complexity index is 1170. The molecule has 0 saturated carbocycles. The number of rotatable bonds is 9. The van der Waals surface area contributed by atoms with Crippen LogP contribution in [0.5, 0.6) is 0 Å². The zero-order valence-corrected chi connectivity index (χ0v) is 19.3. The summed E-state index contributed by atoms with van der Waals surface area (Å²) in [6, 6.07) is 4.49. The number of hydrogen-bond donors (Lipinski definition) is 2. The number of nitrogens with one attached hydrogen (secondary N) is 2. The Morgan fingerprint density at radius 2 is 2.24 bits per heavy atom. The molecule has 176 valence electrons. The van der Waals surface area contributed by atoms with Crippen LogP contribution in [0.4, 0.5) is 5.13 Å². The lowest BCUT2D eigenvalue weighted by atomic mass is 10.1. The summed E-state index contributed by atoms with van der Waals surface area (Å²) in [5, 5.41) is 10.2. The van der Waals surface area contributed by atoms with E-state index in [-0.39, 0.29) is 34.4 Å². The number of hydrogen-bond acceptors (Lipinski definition) is 11. The van der Waals surface area contributed by atoms with Gasteiger partial charge >= 0.3 is 5.97 Å². The molecule has 2 atom stereocenters. The van der Waals surface area contributed by atoms with Crippen LogP contribution in [-0.4, -0.2) is 69.1 Å². The topological polar surface area (TPSA) is 152 Å². The van der Waals surface area contributed by atoms with Crippen molar-refractivity contribution >= 4 is 58.1 Å². The van der Waals surface area contributed by atoms with Gasteiger partial charge in [-0.05, 0) is 12.1 Å². The van der Waals surface area contributed by atoms with E-state index in [0.717, 1.165) is 11.3 Å². The molecule has 2 aliphatic rings. The minimum atomic E-state index is -0.812. The molecule has 0 bridgehead atoms. The van der Waals surface area contributed by atoms with Crippen molar-refractivity contribution in [3.63, 3.8) is 0 Å². The van der Waals surface area contributed by atoms with Crippen LogP contribution in [0.1, 0.15) is 11.4 Å². The van der Waals surface area contributed by atoms with Crippen LogP contribution in [0.2, 0.25) is 0 Å². The van der Waals surface area contributed by atoms with Gasteiger partial charge in [0.05, 0.1) is 11.3 Å². The maximum Gasteiger partial charge on any atom is 0.336 e. The Hall–Kier alpha value is -3.78. The maximum absolute atomic E-state index is 12.8. The maximum atomic E-state index is 12.8. The van der Waals surface area contributed by atoms with Crippen molar-refractivity contribution in [3.8, 4) is 0 Å². The first-order valence-electron chi connectivity index (χ1n) is 9.81. The summed E-state index contributed by atoms with van der Waals surface area (Å²) >= 11 is 2.43. The van der Waals surface area contributed by atoms with Crippen molar-refractivity contribution < 1.29 is 28.8 Å². The molecule has 0 spiro atoms. The first-order valence-corrected chi connectivity index (χ1v) is 11.7. The van der Waals surface area contributed by atoms with Crippen LogP contribution in [0.25, 0.3) is 0 Å². The molecule has 2 aromatic heterocycles. The quantitative estimate of drug-likeness (QED) is 0.164. The Morgan fingerprint density at radius 1 is 1.38 bits per heavy atom. The number of thioether (sulfide) groups is 1. The number of nitrogens with zero attached hydrogens (tertiary/aromatic N) is 4. The highest BCUT2D eigenvalue weighted by atomic mass is 32.2. The third-order valence-corrected chi connectivity index (χ3v) is 6.83. The average Bonchev–Trinajstić information content (AvgIpc) is 3.32. The van der Waals surface area contributed by atoms with Crippen molar-refractivity contribution in [2.75, 3.05) is 18.2 Å². The van der Waals surface area contributed by atoms with E-state index in [1.54, 1.807) is 24.4 Å². The first kappa shape index (κ1) is 23.4. The highest BCUT2D eigenvalue weighted by Gasteiger charge is 2.50. The fourth-order valence-electron chi connectivity index (χ4n) is 3.15. The Kier molecular flexibility index (Phi) is 7.18. The summed E-state index contributed by atoms with van der Waals surface area (Å²) in [4.78, 5) is 62.7. The molecule has 14 heteroatoms. The fourth-order valence-corrected chi connectivity index (χ4v) is 5.05. The second-order valence-corrected chi connectivity index (χ2v) is 8.84. The molecule has 1 fully saturated rings. The van der Waals surface area contributed by atoms with Crippen LogP contribution in [-0.2, 0) is 35.4 Å². The molecular formula is C20H18N6O6S2. The van der Waals surface area contributed by atoms with E-state index in [1.165, 1.54) is 35.4 Å². The number of β-lactam (4-membered cyclic amide) rings is 1. The van der Waals surface area contributed by atoms with Crippen molar-refractivity contribution in [3.05, 3.63) is 52.9 Å². The summed E-state index contributed by atoms with van der Waals surface area (Å²) in [7, 11) is 1.27. The Morgan fingerprint density at radius 3 is 2.97 bits per heavy atom. The standard InChI is InChI=1S/C20H18N6O6S2/c1-31-25-14(13-9-34-20(23-13)22-10-27)16(28)24-15-17(29)26-6-11(8-33-18(15)26)19(30)32-7-12-4-2-3-5-21-12/h2-6,9-10,15,18H,7-8H2,1H3,(H,24,28)(H,22,23,27)/t15?,18-/m1/s1. The first-order chi connectivity index (χ1) is 16.5. The molecule has 12 nitrogen and oxygen atoms in total. The summed E-state index contributed by atoms with van der Waals surface area (Å²) in [6.45, 7) is 0.0278. The van der Waals surface area contributed by atoms with Crippen LogP contribution >= 0.6 is 23.1 Å². The number of esters is 1. The molecule has 0 aliphatic carbocycles. The van der Waals surface area contributed by atoms with Gasteiger partial charge in [-0.3, -0.25) is 19.4 Å². The second kappa shape index (κ2) is 10.4. The van der Waals surface area contributed by atoms with E-state index in [1.807, 2.05) is 0 Å². The van der Waals surface area contributed by atoms with Crippen molar-refractivity contribution in [1.29, 1.82) is 0 Å². The molecule has 4 rings (SSSR count). The molecule has 2 N–H and O–H groups in total. The molecular weight excluding hydrogens is 484 g/mol. The van der Waals surface area contributed by atoms with E-state index in [0.29, 0.717) is 23.4 Å². The SMILES string of the molecule is CON=C(C(=O)NC1C(=O)N2C=C(C(=O)OCc3ccccn3)CS[C@H]12)c1csc(NC=O)n1. The zero-order chi connectivity index (χ0) is 24.1. The van der Waals surface area contributed by atoms with E-state index < -0.39 is 17.9 Å². The number of fused-ring (bicyclic) bond motifs is 1. The monoisotopic (exact) mass is 502 g/mol. The van der Waals surface area contributed by atoms with Crippen molar-refractivity contribution in [1.82, 2.24) is 20.2 Å². The number of pyridine rings is 1. The molecule has 0 radical (unpaired) electrons. The van der Waals surface area contributed by atoms with Gasteiger partial charge in [0, 0.05) is 23.5 Å². The smallest absolute Gasteiger partial charge is 0.336 e. The lowest BCUT2D eigenvalue weighted by Gasteiger charge is -2.47. The summed E-state index contributed by atoms with van der Waals surface area (Å²) < 4.78 is 5.28. The van der Waals surface area contributed by atoms with Gasteiger partial charge in [0.25, 0.3) is 11.8 Å². The minimum absolute atomic E-state index is 0.0278. The largest absolute Gasteiger partial charge is 0.456 e. The zero-order valence-electron chi connectivity index (χ0n) is 17.7. The highest BCUT2D eigenvalue weighted by Crippen LogP contribution is 2.36. The predicted octanol–water partition coefficient (Wildman–Crippen LogP) is 0.484. The lowest BCUT2D eigenvalue weighted by Crippen LogP contribution is -2.69. The summed E-state index contributed by atoms with van der Waals surface area (Å²) in [5.74, 6) is -1.25. The van der Waals surface area contributed by atoms with Gasteiger partial charge < -0.3 is 25.1 Å². The fraction of sp³-hybridized carbons (Fsp3) is 0.250. The van der Waals surface area contributed by atoms with Gasteiger partial charge in [-0.25, -0.2) is 9.78 Å². The van der Waals surface area contributed by atoms with Gasteiger partial charge in [0.1, 0.15) is 30.8 Å². The molecule has 34 heavy (non-hydrogen) atoms. The van der Waals surface area contributed by atoms with E-state index in [9.17, 15) is 19.2 Å². The van der Waals surface area contributed by atoms with Crippen LogP contribution in [0.3, 0.4) is 0 Å². The van der Waals surface area contributed by atoms with Gasteiger partial charge in [-0.15, -0.1) is 23.1 Å². The normalized spacial score (nSPS) is 19.3. The number of carbonyl (C=O) groups excluding carboxylic acids is 4. The molecule has 4 heterocycles. The number of oxime groups is 1. The molecule has 2 aromatic rings. The Balaban J connectivity index is 1.37. The van der Waals surface area contributed by atoms with Gasteiger partial charge in [-0.2, -0.15) is 0 Å². The molecule has 3 amide bonds. The minimum Gasteiger partial charge on any atom is -0.456 e. The highest BCUT2D eigenvalue weighted by molar-refractivity contribution is 8.00. The van der Waals surface area contributed by atoms with Crippen LogP contribution in [0.15, 0.2) is 46.7 Å². The second-order valence-electron chi connectivity index (χ2n) is 6.87. The van der Waals surface area contributed by atoms with Crippen LogP contribution < -0.4 is 10.6 Å². The molecule has 1 saturated heterocycles. The summed E-state index contributed by atoms with van der Waals surface area (Å²) in [5.41, 5.74) is 1.00. The van der Waals surface area contributed by atoms with Gasteiger partial charge in [-0.1, -0.05) is 11.2 Å². The number of aromatic nitrogens is 2. The van der Waals surface area contributed by atoms with Gasteiger partial charge in [0.15, 0.2) is 10.8 Å². The van der Waals surface area contributed by atoms with E-state index in [4.69, 9.17) is 9.57 Å². The molecule has 2 aliphatic heterocycles. The Labute approximate surface area is 201 Å². The third-order valence-electron chi connectivity index (χ3n) is 4.74. The number of ether oxygens (including phenoxy) is 1. The third kappa shape index (κ3) is 4.92. The van der Waals surface area contributed by atoms with Crippen molar-refractivity contribution in [2.45, 2.75) is 18.0 Å². The predicted molar refractivity (Wildman–Crippen MR) is 122 cm³/mol. The lowest BCUT2D eigenvalue weighted by molar-refractivity contribution is -0.144. The number of amides is 3.